The van der Waals surface area contributed by atoms with Crippen molar-refractivity contribution in [1.29, 1.82) is 0 Å². The molecule has 2 rings (SSSR count). The molecule has 106 valence electrons. The highest BCUT2D eigenvalue weighted by molar-refractivity contribution is 7.80. The minimum absolute atomic E-state index is 0.00506. The van der Waals surface area contributed by atoms with Crippen molar-refractivity contribution in [2.75, 3.05) is 6.54 Å². The Morgan fingerprint density at radius 2 is 2.15 bits per heavy atom. The van der Waals surface area contributed by atoms with Gasteiger partial charge in [0.1, 0.15) is 11.4 Å². The summed E-state index contributed by atoms with van der Waals surface area (Å²) in [5.41, 5.74) is 0.617. The smallest absolute Gasteiger partial charge is 0.387 e. The van der Waals surface area contributed by atoms with E-state index in [0.717, 1.165) is 0 Å². The molecule has 1 aromatic carbocycles. The number of halogens is 2. The third-order valence-electron chi connectivity index (χ3n) is 2.71. The van der Waals surface area contributed by atoms with Gasteiger partial charge >= 0.3 is 6.61 Å². The lowest BCUT2D eigenvalue weighted by Gasteiger charge is -2.09. The van der Waals surface area contributed by atoms with E-state index in [1.54, 1.807) is 25.1 Å². The highest BCUT2D eigenvalue weighted by Crippen LogP contribution is 2.24. The number of rotatable bonds is 4. The predicted octanol–water partition coefficient (Wildman–Crippen LogP) is 2.37. The molecule has 1 N–H and O–H groups in total. The Morgan fingerprint density at radius 1 is 1.45 bits per heavy atom. The number of hydrogen-bond acceptors (Lipinski definition) is 3. The van der Waals surface area contributed by atoms with Gasteiger partial charge in [0.05, 0.1) is 0 Å². The van der Waals surface area contributed by atoms with Crippen molar-refractivity contribution in [1.82, 2.24) is 10.2 Å². The fraction of sp³-hybridized carbons (Fsp3) is 0.231. The lowest BCUT2D eigenvalue weighted by Crippen LogP contribution is -2.30. The number of benzene rings is 1. The first-order valence-electron chi connectivity index (χ1n) is 5.91. The van der Waals surface area contributed by atoms with E-state index in [1.165, 1.54) is 17.0 Å². The summed E-state index contributed by atoms with van der Waals surface area (Å²) in [5, 5.41) is 3.06. The number of para-hydroxylation sites is 1. The van der Waals surface area contributed by atoms with Crippen LogP contribution in [0.15, 0.2) is 30.0 Å². The SMILES string of the molecule is CCN1C(=O)/C(=C/c2ccccc2OC(F)F)NC1=S. The molecule has 1 aliphatic rings. The maximum absolute atomic E-state index is 12.3. The van der Waals surface area contributed by atoms with Gasteiger partial charge in [-0.1, -0.05) is 18.2 Å². The normalized spacial score (nSPS) is 17.0. The molecule has 0 radical (unpaired) electrons. The molecule has 1 fully saturated rings. The van der Waals surface area contributed by atoms with Crippen LogP contribution in [-0.2, 0) is 4.79 Å². The third-order valence-corrected chi connectivity index (χ3v) is 3.04. The van der Waals surface area contributed by atoms with Gasteiger partial charge in [-0.05, 0) is 31.3 Å². The van der Waals surface area contributed by atoms with Crippen LogP contribution in [0.1, 0.15) is 12.5 Å². The maximum atomic E-state index is 12.3. The summed E-state index contributed by atoms with van der Waals surface area (Å²) in [6.07, 6.45) is 1.45. The third kappa shape index (κ3) is 2.93. The van der Waals surface area contributed by atoms with Crippen molar-refractivity contribution in [3.8, 4) is 5.75 Å². The maximum Gasteiger partial charge on any atom is 0.387 e. The summed E-state index contributed by atoms with van der Waals surface area (Å²) in [4.78, 5) is 13.4. The Bertz CT molecular complexity index is 575. The number of carbonyl (C=O) groups excluding carboxylic acids is 1. The van der Waals surface area contributed by atoms with E-state index in [1.807, 2.05) is 0 Å². The number of likely N-dealkylation sites (N-methyl/N-ethyl adjacent to an activating group) is 1. The minimum Gasteiger partial charge on any atom is -0.434 e. The van der Waals surface area contributed by atoms with Gasteiger partial charge in [-0.2, -0.15) is 8.78 Å². The van der Waals surface area contributed by atoms with Crippen LogP contribution in [0.5, 0.6) is 5.75 Å². The van der Waals surface area contributed by atoms with Crippen LogP contribution in [-0.4, -0.2) is 29.1 Å². The second-order valence-corrected chi connectivity index (χ2v) is 4.34. The molecule has 1 amide bonds. The number of nitrogens with zero attached hydrogens (tertiary/aromatic N) is 1. The standard InChI is InChI=1S/C13H12F2N2O2S/c1-2-17-11(18)9(16-13(17)20)7-8-5-3-4-6-10(8)19-12(14)15/h3-7,12H,2H2,1H3,(H,16,20)/b9-7-. The zero-order chi connectivity index (χ0) is 14.7. The zero-order valence-electron chi connectivity index (χ0n) is 10.6. The van der Waals surface area contributed by atoms with E-state index in [0.29, 0.717) is 17.2 Å². The summed E-state index contributed by atoms with van der Waals surface area (Å²) in [7, 11) is 0. The van der Waals surface area contributed by atoms with Gasteiger partial charge in [-0.3, -0.25) is 9.69 Å². The summed E-state index contributed by atoms with van der Waals surface area (Å²) in [6, 6.07) is 6.23. The van der Waals surface area contributed by atoms with Crippen LogP contribution in [0, 0.1) is 0 Å². The second kappa shape index (κ2) is 5.96. The number of hydrogen-bond donors (Lipinski definition) is 1. The Kier molecular flexibility index (Phi) is 4.29. The molecule has 0 saturated carbocycles. The van der Waals surface area contributed by atoms with E-state index in [-0.39, 0.29) is 17.4 Å². The van der Waals surface area contributed by atoms with E-state index < -0.39 is 6.61 Å². The Morgan fingerprint density at radius 3 is 2.75 bits per heavy atom. The average Bonchev–Trinajstić information content (AvgIpc) is 2.66. The molecule has 0 aliphatic carbocycles. The number of thiocarbonyl (C=S) groups is 1. The van der Waals surface area contributed by atoms with Crippen molar-refractivity contribution in [3.63, 3.8) is 0 Å². The van der Waals surface area contributed by atoms with Crippen LogP contribution < -0.4 is 10.1 Å². The molecule has 1 aliphatic heterocycles. The van der Waals surface area contributed by atoms with E-state index in [4.69, 9.17) is 12.2 Å². The molecule has 0 spiro atoms. The van der Waals surface area contributed by atoms with Gasteiger partial charge in [-0.15, -0.1) is 0 Å². The molecule has 0 unspecified atom stereocenters. The predicted molar refractivity (Wildman–Crippen MR) is 74.2 cm³/mol. The molecule has 0 atom stereocenters. The van der Waals surface area contributed by atoms with Crippen LogP contribution in [0.4, 0.5) is 8.78 Å². The quantitative estimate of drug-likeness (QED) is 0.684. The van der Waals surface area contributed by atoms with Gasteiger partial charge in [0, 0.05) is 12.1 Å². The van der Waals surface area contributed by atoms with E-state index in [9.17, 15) is 13.6 Å². The van der Waals surface area contributed by atoms with Crippen LogP contribution in [0.25, 0.3) is 6.08 Å². The zero-order valence-corrected chi connectivity index (χ0v) is 11.4. The van der Waals surface area contributed by atoms with Crippen molar-refractivity contribution < 1.29 is 18.3 Å². The first kappa shape index (κ1) is 14.4. The molecule has 1 saturated heterocycles. The fourth-order valence-electron chi connectivity index (χ4n) is 1.82. The lowest BCUT2D eigenvalue weighted by atomic mass is 10.1. The van der Waals surface area contributed by atoms with E-state index >= 15 is 0 Å². The number of nitrogens with one attached hydrogen (secondary N) is 1. The first-order chi connectivity index (χ1) is 9.52. The van der Waals surface area contributed by atoms with Gasteiger partial charge < -0.3 is 10.1 Å². The Hall–Kier alpha value is -2.02. The highest BCUT2D eigenvalue weighted by Gasteiger charge is 2.29. The van der Waals surface area contributed by atoms with Crippen molar-refractivity contribution >= 4 is 29.3 Å². The summed E-state index contributed by atoms with van der Waals surface area (Å²) < 4.78 is 29.0. The van der Waals surface area contributed by atoms with Crippen molar-refractivity contribution in [2.45, 2.75) is 13.5 Å². The molecular formula is C13H12F2N2O2S. The van der Waals surface area contributed by atoms with Gasteiger partial charge in [0.25, 0.3) is 5.91 Å². The molecule has 20 heavy (non-hydrogen) atoms. The van der Waals surface area contributed by atoms with Gasteiger partial charge in [0.2, 0.25) is 0 Å². The topological polar surface area (TPSA) is 41.6 Å². The molecule has 1 aromatic rings. The minimum atomic E-state index is -2.92. The molecule has 4 nitrogen and oxygen atoms in total. The number of amides is 1. The van der Waals surface area contributed by atoms with Crippen molar-refractivity contribution in [3.05, 3.63) is 35.5 Å². The molecule has 0 aromatic heterocycles. The monoisotopic (exact) mass is 298 g/mol. The molecule has 0 bridgehead atoms. The van der Waals surface area contributed by atoms with Crippen LogP contribution in [0.2, 0.25) is 0 Å². The van der Waals surface area contributed by atoms with Gasteiger partial charge in [0.15, 0.2) is 5.11 Å². The molecular weight excluding hydrogens is 286 g/mol. The number of alkyl halides is 2. The summed E-state index contributed by atoms with van der Waals surface area (Å²) >= 11 is 5.01. The van der Waals surface area contributed by atoms with Crippen molar-refractivity contribution in [2.24, 2.45) is 0 Å². The number of ether oxygens (including phenoxy) is 1. The largest absolute Gasteiger partial charge is 0.434 e. The van der Waals surface area contributed by atoms with Crippen LogP contribution >= 0.6 is 12.2 Å². The highest BCUT2D eigenvalue weighted by atomic mass is 32.1. The fourth-order valence-corrected chi connectivity index (χ4v) is 2.14. The van der Waals surface area contributed by atoms with Gasteiger partial charge in [-0.25, -0.2) is 0 Å². The summed E-state index contributed by atoms with van der Waals surface area (Å²) in [5.74, 6) is -0.283. The molecule has 7 heteroatoms. The Labute approximate surface area is 120 Å². The average molecular weight is 298 g/mol. The first-order valence-corrected chi connectivity index (χ1v) is 6.32. The lowest BCUT2D eigenvalue weighted by molar-refractivity contribution is -0.122. The molecule has 1 heterocycles. The van der Waals surface area contributed by atoms with E-state index in [2.05, 4.69) is 10.1 Å². The second-order valence-electron chi connectivity index (χ2n) is 3.95. The number of carbonyl (C=O) groups is 1. The Balaban J connectivity index is 2.32. The summed E-state index contributed by atoms with van der Waals surface area (Å²) in [6.45, 7) is -0.685. The van der Waals surface area contributed by atoms with Crippen LogP contribution in [0.3, 0.4) is 0 Å².